The fourth-order valence-corrected chi connectivity index (χ4v) is 1.47. The molecule has 0 saturated carbocycles. The summed E-state index contributed by atoms with van der Waals surface area (Å²) in [5, 5.41) is 8.22. The summed E-state index contributed by atoms with van der Waals surface area (Å²) in [4.78, 5) is 0. The summed E-state index contributed by atoms with van der Waals surface area (Å²) in [5.74, 6) is 0. The summed E-state index contributed by atoms with van der Waals surface area (Å²) < 4.78 is 12.1. The number of nitrogens with zero attached hydrogens (tertiary/aromatic N) is 3. The quantitative estimate of drug-likeness (QED) is 0.679. The van der Waals surface area contributed by atoms with Crippen molar-refractivity contribution in [1.29, 1.82) is 0 Å². The smallest absolute Gasteiger partial charge is 0.0832 e. The first-order chi connectivity index (χ1) is 8.01. The van der Waals surface area contributed by atoms with Crippen LogP contribution in [-0.2, 0) is 22.4 Å². The second kappa shape index (κ2) is 6.71. The summed E-state index contributed by atoms with van der Waals surface area (Å²) >= 11 is 0. The van der Waals surface area contributed by atoms with Crippen LogP contribution in [-0.4, -0.2) is 41.9 Å². The number of rotatable bonds is 7. The number of hydrogen-bond acceptors (Lipinski definition) is 4. The van der Waals surface area contributed by atoms with Crippen molar-refractivity contribution in [1.82, 2.24) is 15.0 Å². The molecule has 1 aromatic rings. The summed E-state index contributed by atoms with van der Waals surface area (Å²) in [6, 6.07) is 0. The maximum atomic E-state index is 5.37. The fraction of sp³-hybridized carbons (Fsp3) is 0.833. The van der Waals surface area contributed by atoms with Crippen LogP contribution in [0.5, 0.6) is 0 Å². The van der Waals surface area contributed by atoms with Gasteiger partial charge in [0.05, 0.1) is 32.1 Å². The molecule has 1 heterocycles. The van der Waals surface area contributed by atoms with Crippen LogP contribution >= 0.6 is 0 Å². The lowest BCUT2D eigenvalue weighted by Gasteiger charge is -2.15. The van der Waals surface area contributed by atoms with Crippen molar-refractivity contribution < 1.29 is 9.47 Å². The Balaban J connectivity index is 2.26. The van der Waals surface area contributed by atoms with E-state index in [0.29, 0.717) is 19.8 Å². The predicted octanol–water partition coefficient (Wildman–Crippen LogP) is 1.53. The average molecular weight is 241 g/mol. The summed E-state index contributed by atoms with van der Waals surface area (Å²) in [6.07, 6.45) is 2.93. The van der Waals surface area contributed by atoms with E-state index >= 15 is 0 Å². The van der Waals surface area contributed by atoms with E-state index in [9.17, 15) is 0 Å². The van der Waals surface area contributed by atoms with Gasteiger partial charge in [0.2, 0.25) is 0 Å². The predicted molar refractivity (Wildman–Crippen MR) is 65.9 cm³/mol. The Morgan fingerprint density at radius 1 is 1.24 bits per heavy atom. The van der Waals surface area contributed by atoms with Crippen LogP contribution in [0.2, 0.25) is 0 Å². The van der Waals surface area contributed by atoms with Gasteiger partial charge in [-0.3, -0.25) is 0 Å². The molecule has 0 unspecified atom stereocenters. The van der Waals surface area contributed by atoms with E-state index in [1.807, 2.05) is 10.9 Å². The van der Waals surface area contributed by atoms with Crippen LogP contribution in [0.15, 0.2) is 6.20 Å². The van der Waals surface area contributed by atoms with Crippen LogP contribution < -0.4 is 0 Å². The van der Waals surface area contributed by atoms with Gasteiger partial charge in [0.25, 0.3) is 0 Å². The van der Waals surface area contributed by atoms with Gasteiger partial charge in [-0.2, -0.15) is 0 Å². The van der Waals surface area contributed by atoms with Crippen molar-refractivity contribution in [2.75, 3.05) is 26.9 Å². The highest BCUT2D eigenvalue weighted by molar-refractivity contribution is 4.95. The second-order valence-electron chi connectivity index (χ2n) is 5.32. The van der Waals surface area contributed by atoms with Gasteiger partial charge in [0.15, 0.2) is 0 Å². The van der Waals surface area contributed by atoms with Crippen LogP contribution in [0.4, 0.5) is 0 Å². The van der Waals surface area contributed by atoms with E-state index in [0.717, 1.165) is 18.7 Å². The Morgan fingerprint density at radius 3 is 2.65 bits per heavy atom. The largest absolute Gasteiger partial charge is 0.382 e. The van der Waals surface area contributed by atoms with Gasteiger partial charge in [-0.25, -0.2) is 4.68 Å². The molecule has 1 rings (SSSR count). The first kappa shape index (κ1) is 14.1. The van der Waals surface area contributed by atoms with Crippen molar-refractivity contribution in [2.24, 2.45) is 5.41 Å². The van der Waals surface area contributed by atoms with Crippen LogP contribution in [0.1, 0.15) is 26.5 Å². The van der Waals surface area contributed by atoms with E-state index < -0.39 is 0 Å². The molecule has 0 radical (unpaired) electrons. The average Bonchev–Trinajstić information content (AvgIpc) is 2.63. The minimum absolute atomic E-state index is 0.246. The number of ether oxygens (including phenoxy) is 2. The summed E-state index contributed by atoms with van der Waals surface area (Å²) in [7, 11) is 1.67. The van der Waals surface area contributed by atoms with E-state index in [1.165, 1.54) is 0 Å². The third-order valence-electron chi connectivity index (χ3n) is 2.19. The highest BCUT2D eigenvalue weighted by Crippen LogP contribution is 2.18. The van der Waals surface area contributed by atoms with Gasteiger partial charge in [-0.1, -0.05) is 26.0 Å². The fourth-order valence-electron chi connectivity index (χ4n) is 1.47. The molecular formula is C12H23N3O2. The Kier molecular flexibility index (Phi) is 5.58. The van der Waals surface area contributed by atoms with Crippen LogP contribution in [0.25, 0.3) is 0 Å². The van der Waals surface area contributed by atoms with Crippen LogP contribution in [0.3, 0.4) is 0 Å². The molecule has 0 spiro atoms. The molecule has 0 atom stereocenters. The Bertz CT molecular complexity index is 318. The number of hydrogen-bond donors (Lipinski definition) is 0. The minimum atomic E-state index is 0.246. The van der Waals surface area contributed by atoms with Gasteiger partial charge >= 0.3 is 0 Å². The first-order valence-corrected chi connectivity index (χ1v) is 5.97. The van der Waals surface area contributed by atoms with Crippen molar-refractivity contribution in [2.45, 2.75) is 33.7 Å². The second-order valence-corrected chi connectivity index (χ2v) is 5.32. The van der Waals surface area contributed by atoms with E-state index in [-0.39, 0.29) is 5.41 Å². The minimum Gasteiger partial charge on any atom is -0.382 e. The zero-order valence-corrected chi connectivity index (χ0v) is 11.3. The lowest BCUT2D eigenvalue weighted by molar-refractivity contribution is 0.0652. The van der Waals surface area contributed by atoms with Crippen molar-refractivity contribution in [3.8, 4) is 0 Å². The molecule has 0 aliphatic carbocycles. The molecule has 98 valence electrons. The third kappa shape index (κ3) is 6.38. The zero-order valence-electron chi connectivity index (χ0n) is 11.3. The molecule has 0 aliphatic rings. The molecule has 5 heteroatoms. The van der Waals surface area contributed by atoms with Gasteiger partial charge in [-0.15, -0.1) is 5.10 Å². The standard InChI is InChI=1S/C12H23N3O2/c1-12(2,3)9-11-10-15(14-13-11)5-6-17-8-7-16-4/h10H,5-9H2,1-4H3. The zero-order chi connectivity index (χ0) is 12.7. The van der Waals surface area contributed by atoms with Crippen molar-refractivity contribution in [3.05, 3.63) is 11.9 Å². The topological polar surface area (TPSA) is 49.2 Å². The lowest BCUT2D eigenvalue weighted by atomic mass is 9.91. The van der Waals surface area contributed by atoms with Crippen molar-refractivity contribution in [3.63, 3.8) is 0 Å². The summed E-state index contributed by atoms with van der Waals surface area (Å²) in [6.45, 7) is 9.22. The number of methoxy groups -OCH3 is 1. The summed E-state index contributed by atoms with van der Waals surface area (Å²) in [5.41, 5.74) is 1.28. The highest BCUT2D eigenvalue weighted by atomic mass is 16.5. The number of aromatic nitrogens is 3. The monoisotopic (exact) mass is 241 g/mol. The molecule has 0 amide bonds. The Labute approximate surface area is 103 Å². The molecule has 0 fully saturated rings. The van der Waals surface area contributed by atoms with Crippen molar-refractivity contribution >= 4 is 0 Å². The molecule has 0 aromatic carbocycles. The molecular weight excluding hydrogens is 218 g/mol. The molecule has 5 nitrogen and oxygen atoms in total. The first-order valence-electron chi connectivity index (χ1n) is 5.97. The van der Waals surface area contributed by atoms with E-state index in [1.54, 1.807) is 7.11 Å². The highest BCUT2D eigenvalue weighted by Gasteiger charge is 2.13. The van der Waals surface area contributed by atoms with E-state index in [2.05, 4.69) is 31.1 Å². The van der Waals surface area contributed by atoms with Crippen LogP contribution in [0, 0.1) is 5.41 Å². The van der Waals surface area contributed by atoms with Gasteiger partial charge < -0.3 is 9.47 Å². The molecule has 0 saturated heterocycles. The normalized spacial score (nSPS) is 12.0. The third-order valence-corrected chi connectivity index (χ3v) is 2.19. The van der Waals surface area contributed by atoms with E-state index in [4.69, 9.17) is 9.47 Å². The molecule has 0 bridgehead atoms. The van der Waals surface area contributed by atoms with Gasteiger partial charge in [0, 0.05) is 13.3 Å². The maximum Gasteiger partial charge on any atom is 0.0832 e. The van der Waals surface area contributed by atoms with Gasteiger partial charge in [0.1, 0.15) is 0 Å². The SMILES string of the molecule is COCCOCCn1cc(CC(C)(C)C)nn1. The maximum absolute atomic E-state index is 5.37. The molecule has 0 N–H and O–H groups in total. The Morgan fingerprint density at radius 2 is 2.00 bits per heavy atom. The molecule has 0 aliphatic heterocycles. The Hall–Kier alpha value is -0.940. The lowest BCUT2D eigenvalue weighted by Crippen LogP contribution is -2.10. The molecule has 1 aromatic heterocycles. The molecule has 17 heavy (non-hydrogen) atoms. The van der Waals surface area contributed by atoms with Gasteiger partial charge in [-0.05, 0) is 11.8 Å².